The Balaban J connectivity index is 1.19. The molecule has 0 radical (unpaired) electrons. The minimum Gasteiger partial charge on any atom is -0.292 e. The lowest BCUT2D eigenvalue weighted by Gasteiger charge is -2.43. The average Bonchev–Trinajstić information content (AvgIpc) is 3.59. The quantitative estimate of drug-likeness (QED) is 0.0917. The van der Waals surface area contributed by atoms with Gasteiger partial charge in [-0.05, 0) is 78.0 Å². The van der Waals surface area contributed by atoms with Gasteiger partial charge in [0.2, 0.25) is 0 Å². The van der Waals surface area contributed by atoms with Crippen LogP contribution in [-0.4, -0.2) is 87.4 Å². The molecule has 2 heterocycles. The largest absolute Gasteiger partial charge is 0.292 e. The van der Waals surface area contributed by atoms with E-state index in [9.17, 15) is 14.4 Å². The lowest BCUT2D eigenvalue weighted by Crippen LogP contribution is -2.56. The predicted octanol–water partition coefficient (Wildman–Crippen LogP) is 11.3. The minimum absolute atomic E-state index is 0.00393. The van der Waals surface area contributed by atoms with Gasteiger partial charge in [-0.2, -0.15) is 23.5 Å². The molecule has 3 aliphatic rings. The summed E-state index contributed by atoms with van der Waals surface area (Å²) in [5, 5.41) is 0. The first-order valence-corrected chi connectivity index (χ1v) is 24.8. The summed E-state index contributed by atoms with van der Waals surface area (Å²) in [6.45, 7) is 12.4. The lowest BCUT2D eigenvalue weighted by atomic mass is 9.69. The van der Waals surface area contributed by atoms with E-state index in [1.807, 2.05) is 59.9 Å². The molecule has 2 saturated heterocycles. The third kappa shape index (κ3) is 8.01. The van der Waals surface area contributed by atoms with Crippen LogP contribution in [0.4, 0.5) is 0 Å². The molecule has 0 bridgehead atoms. The number of thioether (sulfide) groups is 2. The summed E-state index contributed by atoms with van der Waals surface area (Å²) in [7, 11) is 0. The van der Waals surface area contributed by atoms with E-state index in [0.29, 0.717) is 24.0 Å². The van der Waals surface area contributed by atoms with Crippen molar-refractivity contribution in [3.8, 4) is 11.1 Å². The Morgan fingerprint density at radius 2 is 0.918 bits per heavy atom. The van der Waals surface area contributed by atoms with Crippen molar-refractivity contribution in [1.82, 2.24) is 9.80 Å². The van der Waals surface area contributed by atoms with Gasteiger partial charge in [-0.15, -0.1) is 0 Å². The number of nitrogens with zero attached hydrogens (tertiary/aromatic N) is 2. The molecule has 316 valence electrons. The molecular formula is C54H60N2O3S2. The van der Waals surface area contributed by atoms with Crippen molar-refractivity contribution in [2.24, 2.45) is 0 Å². The maximum absolute atomic E-state index is 14.5. The smallest absolute Gasteiger partial charge is 0.193 e. The number of hydrogen-bond donors (Lipinski definition) is 0. The third-order valence-corrected chi connectivity index (χ3v) is 16.3. The van der Waals surface area contributed by atoms with Gasteiger partial charge in [0, 0.05) is 76.9 Å². The summed E-state index contributed by atoms with van der Waals surface area (Å²) in [6, 6.07) is 41.3. The molecule has 5 aromatic rings. The molecule has 61 heavy (non-hydrogen) atoms. The molecule has 0 atom stereocenters. The average molecular weight is 849 g/mol. The summed E-state index contributed by atoms with van der Waals surface area (Å²) >= 11 is 3.94. The van der Waals surface area contributed by atoms with E-state index in [-0.39, 0.29) is 17.3 Å². The van der Waals surface area contributed by atoms with Crippen LogP contribution in [0, 0.1) is 0 Å². The van der Waals surface area contributed by atoms with Crippen LogP contribution in [0.1, 0.15) is 112 Å². The molecule has 0 N–H and O–H groups in total. The van der Waals surface area contributed by atoms with Crippen LogP contribution >= 0.6 is 23.5 Å². The van der Waals surface area contributed by atoms with Crippen molar-refractivity contribution in [1.29, 1.82) is 0 Å². The van der Waals surface area contributed by atoms with E-state index in [0.717, 1.165) is 108 Å². The summed E-state index contributed by atoms with van der Waals surface area (Å²) in [4.78, 5) is 47.9. The van der Waals surface area contributed by atoms with Crippen LogP contribution < -0.4 is 0 Å². The molecule has 0 unspecified atom stereocenters. The minimum atomic E-state index is -0.528. The summed E-state index contributed by atoms with van der Waals surface area (Å²) < 4.78 is 0. The molecule has 7 heteroatoms. The number of rotatable bonds is 16. The van der Waals surface area contributed by atoms with Gasteiger partial charge in [-0.3, -0.25) is 24.2 Å². The summed E-state index contributed by atoms with van der Waals surface area (Å²) in [5.74, 6) is 4.69. The predicted molar refractivity (Wildman–Crippen MR) is 256 cm³/mol. The first-order valence-electron chi connectivity index (χ1n) is 22.5. The Bertz CT molecular complexity index is 2250. The maximum atomic E-state index is 14.5. The maximum Gasteiger partial charge on any atom is 0.193 e. The van der Waals surface area contributed by atoms with E-state index in [2.05, 4.69) is 122 Å². The zero-order valence-corrected chi connectivity index (χ0v) is 38.0. The van der Waals surface area contributed by atoms with Crippen LogP contribution in [0.25, 0.3) is 11.1 Å². The third-order valence-electron chi connectivity index (χ3n) is 14.4. The van der Waals surface area contributed by atoms with Gasteiger partial charge in [0.05, 0.1) is 11.1 Å². The second-order valence-corrected chi connectivity index (χ2v) is 19.6. The SMILES string of the molecule is CCC(CC)(C(=O)c1ccc(CC2(Cc3ccc(C(=O)C(CC)(CC)N4CCSCC4)cc3)c3ccccc3-c3ccc(C(=O)c4ccccc4)cc32)cc1)N1CCSCC1. The van der Waals surface area contributed by atoms with Crippen LogP contribution in [-0.2, 0) is 18.3 Å². The Morgan fingerprint density at radius 1 is 0.492 bits per heavy atom. The molecule has 0 spiro atoms. The molecule has 0 amide bonds. The Morgan fingerprint density at radius 3 is 1.39 bits per heavy atom. The Kier molecular flexibility index (Phi) is 13.2. The number of fused-ring (bicyclic) bond motifs is 3. The Labute approximate surface area is 372 Å². The van der Waals surface area contributed by atoms with E-state index in [1.165, 1.54) is 11.1 Å². The molecular weight excluding hydrogens is 789 g/mol. The second kappa shape index (κ2) is 18.6. The van der Waals surface area contributed by atoms with Crippen LogP contribution in [0.5, 0.6) is 0 Å². The zero-order valence-electron chi connectivity index (χ0n) is 36.4. The normalized spacial score (nSPS) is 16.8. The van der Waals surface area contributed by atoms with Gasteiger partial charge in [0.15, 0.2) is 17.3 Å². The molecule has 5 nitrogen and oxygen atoms in total. The van der Waals surface area contributed by atoms with Crippen molar-refractivity contribution in [2.75, 3.05) is 49.2 Å². The van der Waals surface area contributed by atoms with Gasteiger partial charge in [-0.25, -0.2) is 0 Å². The highest BCUT2D eigenvalue weighted by atomic mass is 32.2. The van der Waals surface area contributed by atoms with Gasteiger partial charge in [-0.1, -0.05) is 143 Å². The lowest BCUT2D eigenvalue weighted by molar-refractivity contribution is 0.0530. The summed E-state index contributed by atoms with van der Waals surface area (Å²) in [5.41, 5.74) is 8.30. The molecule has 5 aromatic carbocycles. The molecule has 0 saturated carbocycles. The van der Waals surface area contributed by atoms with Crippen molar-refractivity contribution in [3.05, 3.63) is 166 Å². The first-order chi connectivity index (χ1) is 29.7. The van der Waals surface area contributed by atoms with Crippen molar-refractivity contribution in [2.45, 2.75) is 82.7 Å². The Hall–Kier alpha value is -4.27. The number of carbonyl (C=O) groups is 3. The fourth-order valence-electron chi connectivity index (χ4n) is 10.9. The van der Waals surface area contributed by atoms with Crippen molar-refractivity contribution >= 4 is 40.9 Å². The fraction of sp³-hybridized carbons (Fsp3) is 0.389. The van der Waals surface area contributed by atoms with E-state index in [4.69, 9.17) is 0 Å². The standard InChI is InChI=1S/C54H60N2O3S2/c1-5-53(6-2,55-28-32-60-33-29-55)50(58)42-22-18-39(19-23-42)37-52(38-40-20-24-43(25-21-40)51(59)54(7-3,8-4)56-30-34-61-35-31-56)47-17-13-12-16-45(47)46-27-26-44(36-48(46)52)49(57)41-14-10-9-11-15-41/h9-27,36H,5-8,28-35,37-38H2,1-4H3. The molecule has 8 rings (SSSR count). The van der Waals surface area contributed by atoms with Crippen LogP contribution in [0.3, 0.4) is 0 Å². The number of carbonyl (C=O) groups excluding carboxylic acids is 3. The first kappa shape index (κ1) is 43.4. The highest BCUT2D eigenvalue weighted by Gasteiger charge is 2.46. The molecule has 0 aromatic heterocycles. The molecule has 2 aliphatic heterocycles. The van der Waals surface area contributed by atoms with Gasteiger partial charge >= 0.3 is 0 Å². The fourth-order valence-corrected chi connectivity index (χ4v) is 12.7. The molecule has 2 fully saturated rings. The highest BCUT2D eigenvalue weighted by Crippen LogP contribution is 2.53. The molecule has 1 aliphatic carbocycles. The van der Waals surface area contributed by atoms with Crippen molar-refractivity contribution in [3.63, 3.8) is 0 Å². The summed E-state index contributed by atoms with van der Waals surface area (Å²) in [6.07, 6.45) is 4.49. The number of benzene rings is 5. The van der Waals surface area contributed by atoms with E-state index < -0.39 is 16.5 Å². The van der Waals surface area contributed by atoms with E-state index in [1.54, 1.807) is 0 Å². The highest BCUT2D eigenvalue weighted by molar-refractivity contribution is 7.99. The zero-order chi connectivity index (χ0) is 42.6. The van der Waals surface area contributed by atoms with Gasteiger partial charge in [0.25, 0.3) is 0 Å². The number of Topliss-reactive ketones (excluding diaryl/α,β-unsaturated/α-hetero) is 2. The monoisotopic (exact) mass is 848 g/mol. The van der Waals surface area contributed by atoms with Gasteiger partial charge in [0.1, 0.15) is 0 Å². The van der Waals surface area contributed by atoms with Crippen LogP contribution in [0.2, 0.25) is 0 Å². The topological polar surface area (TPSA) is 57.7 Å². The van der Waals surface area contributed by atoms with Crippen LogP contribution in [0.15, 0.2) is 121 Å². The van der Waals surface area contributed by atoms with E-state index >= 15 is 0 Å². The number of hydrogen-bond acceptors (Lipinski definition) is 7. The number of ketones is 3. The van der Waals surface area contributed by atoms with Crippen molar-refractivity contribution < 1.29 is 14.4 Å². The second-order valence-electron chi connectivity index (χ2n) is 17.2. The van der Waals surface area contributed by atoms with Gasteiger partial charge < -0.3 is 0 Å².